The minimum atomic E-state index is -4.35. The number of fused-ring (bicyclic) bond motifs is 3. The highest BCUT2D eigenvalue weighted by Crippen LogP contribution is 2.43. The van der Waals surface area contributed by atoms with Crippen LogP contribution in [0.5, 0.6) is 0 Å². The highest BCUT2D eigenvalue weighted by Gasteiger charge is 2.32. The Labute approximate surface area is 186 Å². The summed E-state index contributed by atoms with van der Waals surface area (Å²) in [4.78, 5) is 21.5. The van der Waals surface area contributed by atoms with Crippen molar-refractivity contribution in [3.8, 4) is 10.4 Å². The molecular formula is C23H21F3N2OS2. The molecule has 1 aliphatic carbocycles. The SMILES string of the molecule is Cc1cc2c(s1)CCc1cc(C(=O)N3CCN(c4cccc(C(F)(F)F)c4)CC3)sc1-2. The first-order valence-corrected chi connectivity index (χ1v) is 11.9. The van der Waals surface area contributed by atoms with Gasteiger partial charge in [0.15, 0.2) is 0 Å². The second kappa shape index (κ2) is 7.67. The van der Waals surface area contributed by atoms with Gasteiger partial charge in [0.2, 0.25) is 0 Å². The van der Waals surface area contributed by atoms with E-state index in [4.69, 9.17) is 0 Å². The molecule has 1 aliphatic heterocycles. The van der Waals surface area contributed by atoms with Gasteiger partial charge in [-0.1, -0.05) is 6.07 Å². The van der Waals surface area contributed by atoms with E-state index in [-0.39, 0.29) is 5.91 Å². The van der Waals surface area contributed by atoms with Gasteiger partial charge in [-0.3, -0.25) is 4.79 Å². The number of carbonyl (C=O) groups excluding carboxylic acids is 1. The number of amides is 1. The normalized spacial score (nSPS) is 16.3. The van der Waals surface area contributed by atoms with Crippen molar-refractivity contribution in [3.05, 3.63) is 62.2 Å². The molecule has 3 nitrogen and oxygen atoms in total. The standard InChI is InChI=1S/C23H21F3N2OS2/c1-14-11-18-19(30-14)6-5-15-12-20(31-21(15)18)22(29)28-9-7-27(8-10-28)17-4-2-3-16(13-17)23(24,25)26/h2-4,11-13H,5-10H2,1H3. The zero-order chi connectivity index (χ0) is 21.8. The van der Waals surface area contributed by atoms with Crippen LogP contribution in [0.1, 0.15) is 30.6 Å². The summed E-state index contributed by atoms with van der Waals surface area (Å²) in [7, 11) is 0. The van der Waals surface area contributed by atoms with Crippen LogP contribution in [0.4, 0.5) is 18.9 Å². The Morgan fingerprint density at radius 3 is 2.52 bits per heavy atom. The lowest BCUT2D eigenvalue weighted by Gasteiger charge is -2.36. The smallest absolute Gasteiger partial charge is 0.368 e. The van der Waals surface area contributed by atoms with Crippen molar-refractivity contribution in [3.63, 3.8) is 0 Å². The molecule has 1 aromatic carbocycles. The van der Waals surface area contributed by atoms with Gasteiger partial charge in [0.1, 0.15) is 0 Å². The van der Waals surface area contributed by atoms with Crippen molar-refractivity contribution in [1.29, 1.82) is 0 Å². The highest BCUT2D eigenvalue weighted by atomic mass is 32.1. The molecule has 2 aliphatic rings. The fourth-order valence-electron chi connectivity index (χ4n) is 4.34. The fraction of sp³-hybridized carbons (Fsp3) is 0.348. The molecule has 1 amide bonds. The van der Waals surface area contributed by atoms with Crippen LogP contribution in [0, 0.1) is 6.92 Å². The zero-order valence-corrected chi connectivity index (χ0v) is 18.6. The van der Waals surface area contributed by atoms with E-state index in [1.807, 2.05) is 27.2 Å². The molecule has 0 N–H and O–H groups in total. The van der Waals surface area contributed by atoms with Crippen molar-refractivity contribution in [2.45, 2.75) is 25.9 Å². The molecule has 8 heteroatoms. The van der Waals surface area contributed by atoms with Crippen LogP contribution in [-0.2, 0) is 19.0 Å². The summed E-state index contributed by atoms with van der Waals surface area (Å²) < 4.78 is 39.0. The van der Waals surface area contributed by atoms with Crippen LogP contribution >= 0.6 is 22.7 Å². The van der Waals surface area contributed by atoms with E-state index in [0.717, 1.165) is 23.8 Å². The molecule has 0 atom stereocenters. The number of halogens is 3. The predicted octanol–water partition coefficient (Wildman–Crippen LogP) is 5.86. The molecule has 3 heterocycles. The molecule has 1 saturated heterocycles. The lowest BCUT2D eigenvalue weighted by molar-refractivity contribution is -0.137. The molecule has 31 heavy (non-hydrogen) atoms. The van der Waals surface area contributed by atoms with Crippen molar-refractivity contribution in [2.75, 3.05) is 31.1 Å². The molecule has 0 spiro atoms. The summed E-state index contributed by atoms with van der Waals surface area (Å²) >= 11 is 3.41. The second-order valence-electron chi connectivity index (χ2n) is 7.99. The number of rotatable bonds is 2. The van der Waals surface area contributed by atoms with Crippen molar-refractivity contribution < 1.29 is 18.0 Å². The quantitative estimate of drug-likeness (QED) is 0.476. The Balaban J connectivity index is 1.29. The molecule has 1 fully saturated rings. The minimum absolute atomic E-state index is 0.0246. The van der Waals surface area contributed by atoms with Gasteiger partial charge in [0.05, 0.1) is 10.4 Å². The summed E-state index contributed by atoms with van der Waals surface area (Å²) in [6, 6.07) is 9.66. The summed E-state index contributed by atoms with van der Waals surface area (Å²) in [5.74, 6) is 0.0246. The lowest BCUT2D eigenvalue weighted by atomic mass is 9.98. The van der Waals surface area contributed by atoms with Gasteiger partial charge < -0.3 is 9.80 Å². The van der Waals surface area contributed by atoms with Gasteiger partial charge >= 0.3 is 6.18 Å². The number of hydrogen-bond acceptors (Lipinski definition) is 4. The van der Waals surface area contributed by atoms with E-state index in [1.54, 1.807) is 17.4 Å². The first kappa shape index (κ1) is 20.6. The van der Waals surface area contributed by atoms with Gasteiger partial charge in [0, 0.05) is 52.1 Å². The first-order chi connectivity index (χ1) is 14.8. The maximum atomic E-state index is 13.1. The number of nitrogens with zero attached hydrogens (tertiary/aromatic N) is 2. The molecule has 5 rings (SSSR count). The summed E-state index contributed by atoms with van der Waals surface area (Å²) in [6.07, 6.45) is -2.36. The molecule has 3 aromatic rings. The van der Waals surface area contributed by atoms with Crippen LogP contribution in [-0.4, -0.2) is 37.0 Å². The van der Waals surface area contributed by atoms with E-state index in [0.29, 0.717) is 31.9 Å². The van der Waals surface area contributed by atoms with E-state index >= 15 is 0 Å². The van der Waals surface area contributed by atoms with E-state index in [9.17, 15) is 18.0 Å². The van der Waals surface area contributed by atoms with Gasteiger partial charge in [0.25, 0.3) is 5.91 Å². The maximum absolute atomic E-state index is 13.1. The van der Waals surface area contributed by atoms with Gasteiger partial charge in [-0.05, 0) is 55.7 Å². The lowest BCUT2D eigenvalue weighted by Crippen LogP contribution is -2.48. The number of alkyl halides is 3. The largest absolute Gasteiger partial charge is 0.416 e. The number of thiophene rings is 2. The number of benzene rings is 1. The third-order valence-electron chi connectivity index (χ3n) is 5.92. The summed E-state index contributed by atoms with van der Waals surface area (Å²) in [5, 5.41) is 0. The van der Waals surface area contributed by atoms with Crippen molar-refractivity contribution in [1.82, 2.24) is 4.90 Å². The van der Waals surface area contributed by atoms with Crippen molar-refractivity contribution >= 4 is 34.3 Å². The second-order valence-corrected chi connectivity index (χ2v) is 10.4. The number of aryl methyl sites for hydroxylation is 3. The molecule has 162 valence electrons. The average Bonchev–Trinajstić information content (AvgIpc) is 3.35. The van der Waals surface area contributed by atoms with Crippen molar-refractivity contribution in [2.24, 2.45) is 0 Å². The molecule has 0 bridgehead atoms. The molecule has 2 aromatic heterocycles. The number of piperazine rings is 1. The predicted molar refractivity (Wildman–Crippen MR) is 119 cm³/mol. The van der Waals surface area contributed by atoms with Crippen LogP contribution < -0.4 is 4.90 Å². The third kappa shape index (κ3) is 3.87. The van der Waals surface area contributed by atoms with Crippen LogP contribution in [0.15, 0.2) is 36.4 Å². The number of carbonyl (C=O) groups is 1. The van der Waals surface area contributed by atoms with Gasteiger partial charge in [-0.15, -0.1) is 22.7 Å². The Kier molecular flexibility index (Phi) is 5.09. The molecule has 0 saturated carbocycles. The fourth-order valence-corrected chi connectivity index (χ4v) is 6.67. The number of hydrogen-bond donors (Lipinski definition) is 0. The first-order valence-electron chi connectivity index (χ1n) is 10.2. The average molecular weight is 463 g/mol. The zero-order valence-electron chi connectivity index (χ0n) is 17.0. The van der Waals surface area contributed by atoms with Crippen LogP contribution in [0.3, 0.4) is 0 Å². The third-order valence-corrected chi connectivity index (χ3v) is 8.23. The summed E-state index contributed by atoms with van der Waals surface area (Å²) in [5.41, 5.74) is 2.44. The monoisotopic (exact) mass is 462 g/mol. The minimum Gasteiger partial charge on any atom is -0.368 e. The Hall–Kier alpha value is -2.32. The Morgan fingerprint density at radius 1 is 1.00 bits per heavy atom. The van der Waals surface area contributed by atoms with Crippen LogP contribution in [0.2, 0.25) is 0 Å². The Morgan fingerprint density at radius 2 is 1.77 bits per heavy atom. The number of anilines is 1. The molecule has 0 unspecified atom stereocenters. The van der Waals surface area contributed by atoms with E-state index in [2.05, 4.69) is 13.0 Å². The van der Waals surface area contributed by atoms with Gasteiger partial charge in [-0.25, -0.2) is 0 Å². The maximum Gasteiger partial charge on any atom is 0.416 e. The van der Waals surface area contributed by atoms with E-state index < -0.39 is 11.7 Å². The highest BCUT2D eigenvalue weighted by molar-refractivity contribution is 7.18. The molecular weight excluding hydrogens is 441 g/mol. The Bertz CT molecular complexity index is 1140. The topological polar surface area (TPSA) is 23.6 Å². The molecule has 0 radical (unpaired) electrons. The van der Waals surface area contributed by atoms with E-state index in [1.165, 1.54) is 37.9 Å². The van der Waals surface area contributed by atoms with Gasteiger partial charge in [-0.2, -0.15) is 13.2 Å². The van der Waals surface area contributed by atoms with Crippen LogP contribution in [0.25, 0.3) is 10.4 Å². The summed E-state index contributed by atoms with van der Waals surface area (Å²) in [6.45, 7) is 4.16.